The maximum Gasteiger partial charge on any atom is 0.146 e. The third-order valence-corrected chi connectivity index (χ3v) is 1.84. The van der Waals surface area contributed by atoms with Crippen molar-refractivity contribution in [2.75, 3.05) is 19.0 Å². The molecule has 1 aromatic rings. The summed E-state index contributed by atoms with van der Waals surface area (Å²) in [6.07, 6.45) is 3.60. The van der Waals surface area contributed by atoms with E-state index in [4.69, 9.17) is 0 Å². The van der Waals surface area contributed by atoms with Crippen LogP contribution in [0.2, 0.25) is 0 Å². The Kier molecular flexibility index (Phi) is 3.83. The summed E-state index contributed by atoms with van der Waals surface area (Å²) in [7, 11) is 3.91. The highest BCUT2D eigenvalue weighted by Crippen LogP contribution is 2.03. The molecule has 0 atom stereocenters. The smallest absolute Gasteiger partial charge is 0.146 e. The van der Waals surface area contributed by atoms with Gasteiger partial charge in [-0.15, -0.1) is 0 Å². The zero-order valence-corrected chi connectivity index (χ0v) is 9.28. The first kappa shape index (κ1) is 10.9. The fourth-order valence-corrected chi connectivity index (χ4v) is 0.979. The third-order valence-electron chi connectivity index (χ3n) is 1.84. The summed E-state index contributed by atoms with van der Waals surface area (Å²) in [4.78, 5) is 10.5. The molecule has 14 heavy (non-hydrogen) atoms. The van der Waals surface area contributed by atoms with Gasteiger partial charge in [-0.05, 0) is 0 Å². The van der Waals surface area contributed by atoms with E-state index in [0.29, 0.717) is 6.04 Å². The molecule has 0 saturated carbocycles. The van der Waals surface area contributed by atoms with Crippen molar-refractivity contribution in [2.24, 2.45) is 0 Å². The largest absolute Gasteiger partial charge is 0.361 e. The van der Waals surface area contributed by atoms with E-state index in [1.807, 2.05) is 25.2 Å². The zero-order chi connectivity index (χ0) is 10.6. The molecule has 0 aliphatic rings. The maximum atomic E-state index is 4.31. The minimum absolute atomic E-state index is 0.477. The van der Waals surface area contributed by atoms with Crippen molar-refractivity contribution >= 4 is 5.82 Å². The SMILES string of the molecule is CC(C)NCc1cnc(N(C)C)cn1. The van der Waals surface area contributed by atoms with Crippen molar-refractivity contribution in [2.45, 2.75) is 26.4 Å². The standard InChI is InChI=1S/C10H18N4/c1-8(2)11-5-9-6-13-10(7-12-9)14(3)4/h6-8,11H,5H2,1-4H3. The molecule has 78 valence electrons. The van der Waals surface area contributed by atoms with Crippen LogP contribution < -0.4 is 10.2 Å². The molecule has 1 N–H and O–H groups in total. The van der Waals surface area contributed by atoms with Gasteiger partial charge in [-0.25, -0.2) is 4.98 Å². The summed E-state index contributed by atoms with van der Waals surface area (Å²) in [5, 5.41) is 3.29. The molecule has 0 fully saturated rings. The Hall–Kier alpha value is -1.16. The second-order valence-electron chi connectivity index (χ2n) is 3.80. The van der Waals surface area contributed by atoms with Crippen LogP contribution in [-0.2, 0) is 6.54 Å². The Labute approximate surface area is 85.4 Å². The summed E-state index contributed by atoms with van der Waals surface area (Å²) < 4.78 is 0. The van der Waals surface area contributed by atoms with Crippen molar-refractivity contribution in [1.29, 1.82) is 0 Å². The highest BCUT2D eigenvalue weighted by Gasteiger charge is 1.99. The van der Waals surface area contributed by atoms with Crippen molar-refractivity contribution in [3.05, 3.63) is 18.1 Å². The molecule has 0 bridgehead atoms. The number of hydrogen-bond acceptors (Lipinski definition) is 4. The van der Waals surface area contributed by atoms with Crippen LogP contribution >= 0.6 is 0 Å². The van der Waals surface area contributed by atoms with Gasteiger partial charge < -0.3 is 10.2 Å². The molecule has 4 heteroatoms. The molecule has 1 heterocycles. The molecule has 0 spiro atoms. The van der Waals surface area contributed by atoms with E-state index >= 15 is 0 Å². The first-order valence-electron chi connectivity index (χ1n) is 4.81. The van der Waals surface area contributed by atoms with E-state index in [0.717, 1.165) is 18.1 Å². The van der Waals surface area contributed by atoms with Gasteiger partial charge in [0, 0.05) is 26.7 Å². The van der Waals surface area contributed by atoms with E-state index in [-0.39, 0.29) is 0 Å². The minimum Gasteiger partial charge on any atom is -0.361 e. The fourth-order valence-electron chi connectivity index (χ4n) is 0.979. The molecule has 0 aromatic carbocycles. The fraction of sp³-hybridized carbons (Fsp3) is 0.600. The van der Waals surface area contributed by atoms with Crippen LogP contribution in [-0.4, -0.2) is 30.1 Å². The lowest BCUT2D eigenvalue weighted by Crippen LogP contribution is -2.22. The van der Waals surface area contributed by atoms with E-state index in [2.05, 4.69) is 29.1 Å². The topological polar surface area (TPSA) is 41.1 Å². The molecular weight excluding hydrogens is 176 g/mol. The van der Waals surface area contributed by atoms with Gasteiger partial charge in [0.25, 0.3) is 0 Å². The Balaban J connectivity index is 2.55. The van der Waals surface area contributed by atoms with Crippen molar-refractivity contribution in [3.63, 3.8) is 0 Å². The quantitative estimate of drug-likeness (QED) is 0.777. The van der Waals surface area contributed by atoms with Gasteiger partial charge >= 0.3 is 0 Å². The summed E-state index contributed by atoms with van der Waals surface area (Å²) in [5.74, 6) is 0.887. The lowest BCUT2D eigenvalue weighted by Gasteiger charge is -2.11. The highest BCUT2D eigenvalue weighted by molar-refractivity contribution is 5.32. The molecule has 0 amide bonds. The number of nitrogens with one attached hydrogen (secondary N) is 1. The predicted octanol–water partition coefficient (Wildman–Crippen LogP) is 1.04. The highest BCUT2D eigenvalue weighted by atomic mass is 15.1. The summed E-state index contributed by atoms with van der Waals surface area (Å²) in [6, 6.07) is 0.477. The maximum absolute atomic E-state index is 4.31. The van der Waals surface area contributed by atoms with Crippen LogP contribution in [0.1, 0.15) is 19.5 Å². The number of anilines is 1. The van der Waals surface area contributed by atoms with Crippen LogP contribution in [0.15, 0.2) is 12.4 Å². The van der Waals surface area contributed by atoms with E-state index in [9.17, 15) is 0 Å². The van der Waals surface area contributed by atoms with Gasteiger partial charge in [0.2, 0.25) is 0 Å². The molecule has 0 aliphatic carbocycles. The average molecular weight is 194 g/mol. The lowest BCUT2D eigenvalue weighted by molar-refractivity contribution is 0.580. The number of rotatable bonds is 4. The molecule has 0 saturated heterocycles. The summed E-state index contributed by atoms with van der Waals surface area (Å²) in [6.45, 7) is 5.00. The van der Waals surface area contributed by atoms with Crippen molar-refractivity contribution in [1.82, 2.24) is 15.3 Å². The Morgan fingerprint density at radius 2 is 2.00 bits per heavy atom. The van der Waals surface area contributed by atoms with E-state index in [1.165, 1.54) is 0 Å². The zero-order valence-electron chi connectivity index (χ0n) is 9.28. The van der Waals surface area contributed by atoms with Crippen LogP contribution in [0.25, 0.3) is 0 Å². The van der Waals surface area contributed by atoms with Gasteiger partial charge in [0.05, 0.1) is 18.1 Å². The molecule has 1 aromatic heterocycles. The van der Waals surface area contributed by atoms with Crippen LogP contribution in [0.4, 0.5) is 5.82 Å². The van der Waals surface area contributed by atoms with Gasteiger partial charge in [-0.2, -0.15) is 0 Å². The number of aromatic nitrogens is 2. The molecule has 4 nitrogen and oxygen atoms in total. The summed E-state index contributed by atoms with van der Waals surface area (Å²) >= 11 is 0. The van der Waals surface area contributed by atoms with E-state index < -0.39 is 0 Å². The number of nitrogens with zero attached hydrogens (tertiary/aromatic N) is 3. The predicted molar refractivity (Wildman–Crippen MR) is 58.3 cm³/mol. The average Bonchev–Trinajstić information content (AvgIpc) is 2.15. The van der Waals surface area contributed by atoms with Gasteiger partial charge in [0.15, 0.2) is 0 Å². The molecule has 1 rings (SSSR count). The lowest BCUT2D eigenvalue weighted by atomic mass is 10.3. The summed E-state index contributed by atoms with van der Waals surface area (Å²) in [5.41, 5.74) is 0.976. The second-order valence-corrected chi connectivity index (χ2v) is 3.80. The first-order valence-corrected chi connectivity index (χ1v) is 4.81. The van der Waals surface area contributed by atoms with E-state index in [1.54, 1.807) is 6.20 Å². The molecule has 0 radical (unpaired) electrons. The molecule has 0 unspecified atom stereocenters. The van der Waals surface area contributed by atoms with Gasteiger partial charge in [-0.1, -0.05) is 13.8 Å². The third kappa shape index (κ3) is 3.30. The monoisotopic (exact) mass is 194 g/mol. The Morgan fingerprint density at radius 1 is 1.29 bits per heavy atom. The molecule has 0 aliphatic heterocycles. The first-order chi connectivity index (χ1) is 6.59. The minimum atomic E-state index is 0.477. The second kappa shape index (κ2) is 4.91. The van der Waals surface area contributed by atoms with Gasteiger partial charge in [0.1, 0.15) is 5.82 Å². The number of hydrogen-bond donors (Lipinski definition) is 1. The van der Waals surface area contributed by atoms with Gasteiger partial charge in [-0.3, -0.25) is 4.98 Å². The van der Waals surface area contributed by atoms with Crippen LogP contribution in [0, 0.1) is 0 Å². The molecular formula is C10H18N4. The Bertz CT molecular complexity index is 266. The van der Waals surface area contributed by atoms with Crippen molar-refractivity contribution in [3.8, 4) is 0 Å². The Morgan fingerprint density at radius 3 is 2.43 bits per heavy atom. The van der Waals surface area contributed by atoms with Crippen molar-refractivity contribution < 1.29 is 0 Å². The van der Waals surface area contributed by atoms with Crippen LogP contribution in [0.5, 0.6) is 0 Å². The van der Waals surface area contributed by atoms with Crippen LogP contribution in [0.3, 0.4) is 0 Å². The normalized spacial score (nSPS) is 10.6.